The van der Waals surface area contributed by atoms with E-state index >= 15 is 0 Å². The monoisotopic (exact) mass is 399 g/mol. The molecule has 0 atom stereocenters. The summed E-state index contributed by atoms with van der Waals surface area (Å²) in [7, 11) is 0. The third-order valence-corrected chi connectivity index (χ3v) is 4.35. The Hall–Kier alpha value is -2.15. The zero-order chi connectivity index (χ0) is 19.1. The minimum atomic E-state index is -0.491. The van der Waals surface area contributed by atoms with E-state index in [0.29, 0.717) is 16.9 Å². The van der Waals surface area contributed by atoms with Gasteiger partial charge in [0.25, 0.3) is 0 Å². The number of hydrogen-bond donors (Lipinski definition) is 2. The molecule has 0 aliphatic heterocycles. The molecule has 0 aliphatic carbocycles. The minimum Gasteiger partial charge on any atom is -0.508 e. The summed E-state index contributed by atoms with van der Waals surface area (Å²) < 4.78 is 15.8. The number of carbonyl (C=O) groups excluding carboxylic acids is 1. The number of benzene rings is 2. The Morgan fingerprint density at radius 2 is 1.88 bits per heavy atom. The average Bonchev–Trinajstić information content (AvgIpc) is 2.63. The van der Waals surface area contributed by atoms with Crippen LogP contribution >= 0.6 is 23.2 Å². The SMILES string of the molecule is CCOC(=O)COc1ccc(COc2ccc(O)c(CN)c2)c(Cl)c1Cl. The number of aromatic hydroxyl groups is 1. The summed E-state index contributed by atoms with van der Waals surface area (Å²) in [6.45, 7) is 2.08. The molecule has 140 valence electrons. The van der Waals surface area contributed by atoms with Crippen molar-refractivity contribution in [3.05, 3.63) is 51.5 Å². The highest BCUT2D eigenvalue weighted by Gasteiger charge is 2.13. The maximum atomic E-state index is 11.3. The van der Waals surface area contributed by atoms with Crippen molar-refractivity contribution < 1.29 is 24.1 Å². The quantitative estimate of drug-likeness (QED) is 0.657. The number of nitrogens with two attached hydrogens (primary N) is 1. The molecule has 2 rings (SSSR count). The molecular formula is C18H19Cl2NO5. The van der Waals surface area contributed by atoms with E-state index in [1.165, 1.54) is 6.07 Å². The zero-order valence-electron chi connectivity index (χ0n) is 14.1. The minimum absolute atomic E-state index is 0.115. The van der Waals surface area contributed by atoms with Crippen LogP contribution in [0.5, 0.6) is 17.2 Å². The molecule has 8 heteroatoms. The van der Waals surface area contributed by atoms with Crippen molar-refractivity contribution in [3.63, 3.8) is 0 Å². The molecule has 0 bridgehead atoms. The van der Waals surface area contributed by atoms with Gasteiger partial charge in [0.1, 0.15) is 28.9 Å². The second-order valence-corrected chi connectivity index (χ2v) is 5.98. The van der Waals surface area contributed by atoms with Gasteiger partial charge in [-0.1, -0.05) is 29.3 Å². The van der Waals surface area contributed by atoms with E-state index in [-0.39, 0.29) is 47.9 Å². The fourth-order valence-electron chi connectivity index (χ4n) is 2.11. The Kier molecular flexibility index (Phi) is 7.38. The van der Waals surface area contributed by atoms with E-state index in [2.05, 4.69) is 0 Å². The van der Waals surface area contributed by atoms with Crippen molar-refractivity contribution in [2.24, 2.45) is 5.73 Å². The van der Waals surface area contributed by atoms with E-state index in [1.807, 2.05) is 0 Å². The van der Waals surface area contributed by atoms with Crippen molar-refractivity contribution in [2.45, 2.75) is 20.1 Å². The summed E-state index contributed by atoms with van der Waals surface area (Å²) >= 11 is 12.5. The fourth-order valence-corrected chi connectivity index (χ4v) is 2.56. The van der Waals surface area contributed by atoms with Crippen molar-refractivity contribution in [3.8, 4) is 17.2 Å². The number of hydrogen-bond acceptors (Lipinski definition) is 6. The van der Waals surface area contributed by atoms with Crippen LogP contribution in [0.1, 0.15) is 18.1 Å². The number of esters is 1. The number of ether oxygens (including phenoxy) is 3. The van der Waals surface area contributed by atoms with Gasteiger partial charge in [0, 0.05) is 17.7 Å². The third kappa shape index (κ3) is 5.17. The molecule has 0 aliphatic rings. The van der Waals surface area contributed by atoms with E-state index in [0.717, 1.165) is 0 Å². The van der Waals surface area contributed by atoms with Gasteiger partial charge < -0.3 is 25.1 Å². The molecule has 2 aromatic rings. The first-order valence-corrected chi connectivity index (χ1v) is 8.61. The topological polar surface area (TPSA) is 91.0 Å². The molecule has 0 saturated heterocycles. The first kappa shape index (κ1) is 20.2. The lowest BCUT2D eigenvalue weighted by Gasteiger charge is -2.13. The smallest absolute Gasteiger partial charge is 0.344 e. The van der Waals surface area contributed by atoms with Crippen LogP contribution in [-0.4, -0.2) is 24.3 Å². The number of phenolic OH excluding ortho intramolecular Hbond substituents is 1. The summed E-state index contributed by atoms with van der Waals surface area (Å²) in [5.41, 5.74) is 6.77. The Morgan fingerprint density at radius 1 is 1.12 bits per heavy atom. The third-order valence-electron chi connectivity index (χ3n) is 3.44. The van der Waals surface area contributed by atoms with Crippen molar-refractivity contribution in [2.75, 3.05) is 13.2 Å². The summed E-state index contributed by atoms with van der Waals surface area (Å²) in [4.78, 5) is 11.3. The van der Waals surface area contributed by atoms with Crippen molar-refractivity contribution in [1.29, 1.82) is 0 Å². The molecule has 0 heterocycles. The fraction of sp³-hybridized carbons (Fsp3) is 0.278. The lowest BCUT2D eigenvalue weighted by Crippen LogP contribution is -2.14. The second-order valence-electron chi connectivity index (χ2n) is 5.23. The zero-order valence-corrected chi connectivity index (χ0v) is 15.6. The molecule has 0 radical (unpaired) electrons. The van der Waals surface area contributed by atoms with Crippen LogP contribution < -0.4 is 15.2 Å². The maximum absolute atomic E-state index is 11.3. The molecule has 0 aromatic heterocycles. The van der Waals surface area contributed by atoms with Crippen LogP contribution in [0.2, 0.25) is 10.0 Å². The van der Waals surface area contributed by atoms with Gasteiger partial charge in [0.15, 0.2) is 6.61 Å². The van der Waals surface area contributed by atoms with Crippen LogP contribution in [0.4, 0.5) is 0 Å². The van der Waals surface area contributed by atoms with Gasteiger partial charge in [-0.05, 0) is 31.2 Å². The molecule has 0 unspecified atom stereocenters. The highest BCUT2D eigenvalue weighted by molar-refractivity contribution is 6.43. The standard InChI is InChI=1S/C18H19Cl2NO5/c1-2-24-16(23)10-26-15-6-3-11(17(19)18(15)20)9-25-13-4-5-14(22)12(7-13)8-21/h3-7,22H,2,8-10,21H2,1H3. The number of halogens is 2. The van der Waals surface area contributed by atoms with Crippen molar-refractivity contribution >= 4 is 29.2 Å². The number of rotatable bonds is 8. The van der Waals surface area contributed by atoms with Crippen molar-refractivity contribution in [1.82, 2.24) is 0 Å². The number of phenols is 1. The first-order valence-electron chi connectivity index (χ1n) is 7.86. The van der Waals surface area contributed by atoms with Gasteiger partial charge >= 0.3 is 5.97 Å². The molecule has 26 heavy (non-hydrogen) atoms. The summed E-state index contributed by atoms with van der Waals surface area (Å²) in [5, 5.41) is 10.1. The predicted octanol–water partition coefficient (Wildman–Crippen LogP) is 3.68. The van der Waals surface area contributed by atoms with Crippen LogP contribution in [0.3, 0.4) is 0 Å². The van der Waals surface area contributed by atoms with Crippen LogP contribution in [0.15, 0.2) is 30.3 Å². The molecule has 0 fully saturated rings. The van der Waals surface area contributed by atoms with Crippen LogP contribution in [0, 0.1) is 0 Å². The molecule has 0 amide bonds. The van der Waals surface area contributed by atoms with E-state index in [4.69, 9.17) is 43.1 Å². The maximum Gasteiger partial charge on any atom is 0.344 e. The van der Waals surface area contributed by atoms with Gasteiger partial charge in [-0.15, -0.1) is 0 Å². The Bertz CT molecular complexity index is 782. The lowest BCUT2D eigenvalue weighted by molar-refractivity contribution is -0.145. The van der Waals surface area contributed by atoms with E-state index < -0.39 is 5.97 Å². The normalized spacial score (nSPS) is 10.5. The summed E-state index contributed by atoms with van der Waals surface area (Å²) in [6, 6.07) is 8.09. The highest BCUT2D eigenvalue weighted by atomic mass is 35.5. The van der Waals surface area contributed by atoms with Crippen LogP contribution in [0.25, 0.3) is 0 Å². The number of carbonyl (C=O) groups is 1. The van der Waals surface area contributed by atoms with Gasteiger partial charge in [-0.3, -0.25) is 0 Å². The molecular weight excluding hydrogens is 381 g/mol. The van der Waals surface area contributed by atoms with E-state index in [1.54, 1.807) is 31.2 Å². The van der Waals surface area contributed by atoms with Gasteiger partial charge in [0.05, 0.1) is 11.6 Å². The summed E-state index contributed by atoms with van der Waals surface area (Å²) in [6.07, 6.45) is 0. The van der Waals surface area contributed by atoms with Gasteiger partial charge in [-0.2, -0.15) is 0 Å². The lowest BCUT2D eigenvalue weighted by atomic mass is 10.2. The molecule has 2 aromatic carbocycles. The highest BCUT2D eigenvalue weighted by Crippen LogP contribution is 2.35. The molecule has 6 nitrogen and oxygen atoms in total. The van der Waals surface area contributed by atoms with Gasteiger partial charge in [-0.25, -0.2) is 4.79 Å². The Morgan fingerprint density at radius 3 is 2.58 bits per heavy atom. The van der Waals surface area contributed by atoms with Gasteiger partial charge in [0.2, 0.25) is 0 Å². The molecule has 0 saturated carbocycles. The largest absolute Gasteiger partial charge is 0.508 e. The predicted molar refractivity (Wildman–Crippen MR) is 98.9 cm³/mol. The average molecular weight is 400 g/mol. The second kappa shape index (κ2) is 9.52. The molecule has 0 spiro atoms. The molecule has 3 N–H and O–H groups in total. The first-order chi connectivity index (χ1) is 12.5. The Labute approximate surface area is 161 Å². The van der Waals surface area contributed by atoms with E-state index in [9.17, 15) is 9.90 Å². The van der Waals surface area contributed by atoms with Crippen LogP contribution in [-0.2, 0) is 22.7 Å². The summed E-state index contributed by atoms with van der Waals surface area (Å²) in [5.74, 6) is 0.445. The Balaban J connectivity index is 2.04.